The molecular formula is C27H31F3N6O3S. The second-order valence-corrected chi connectivity index (χ2v) is 11.2. The summed E-state index contributed by atoms with van der Waals surface area (Å²) in [6.45, 7) is 2.70. The van der Waals surface area contributed by atoms with Crippen LogP contribution in [0.5, 0.6) is 0 Å². The molecule has 0 aliphatic carbocycles. The van der Waals surface area contributed by atoms with Crippen LogP contribution in [0.3, 0.4) is 0 Å². The Morgan fingerprint density at radius 3 is 2.27 bits per heavy atom. The van der Waals surface area contributed by atoms with Crippen LogP contribution in [0.25, 0.3) is 0 Å². The molecule has 0 spiro atoms. The molecule has 2 heterocycles. The van der Waals surface area contributed by atoms with Gasteiger partial charge in [-0.3, -0.25) is 4.79 Å². The maximum absolute atomic E-state index is 13.2. The Morgan fingerprint density at radius 2 is 1.65 bits per heavy atom. The van der Waals surface area contributed by atoms with Gasteiger partial charge in [0.25, 0.3) is 5.91 Å². The molecule has 3 aromatic rings. The number of nitrogens with zero attached hydrogens (tertiary/aromatic N) is 3. The first-order valence-electron chi connectivity index (χ1n) is 12.8. The molecule has 4 N–H and O–H groups in total. The molecule has 13 heteroatoms. The fourth-order valence-electron chi connectivity index (χ4n) is 4.22. The van der Waals surface area contributed by atoms with E-state index in [4.69, 9.17) is 5.73 Å². The van der Waals surface area contributed by atoms with Crippen molar-refractivity contribution >= 4 is 27.4 Å². The third kappa shape index (κ3) is 7.36. The highest BCUT2D eigenvalue weighted by Gasteiger charge is 2.33. The molecule has 2 aromatic carbocycles. The molecule has 40 heavy (non-hydrogen) atoms. The van der Waals surface area contributed by atoms with E-state index in [-0.39, 0.29) is 42.8 Å². The van der Waals surface area contributed by atoms with E-state index in [2.05, 4.69) is 15.6 Å². The van der Waals surface area contributed by atoms with E-state index in [0.29, 0.717) is 24.3 Å². The van der Waals surface area contributed by atoms with Crippen LogP contribution < -0.4 is 21.3 Å². The van der Waals surface area contributed by atoms with E-state index in [1.807, 2.05) is 12.1 Å². The van der Waals surface area contributed by atoms with Gasteiger partial charge in [-0.25, -0.2) is 13.4 Å². The average molecular weight is 577 g/mol. The number of benzene rings is 2. The molecule has 0 radical (unpaired) electrons. The van der Waals surface area contributed by atoms with E-state index in [1.54, 1.807) is 17.0 Å². The SMILES string of the molecule is NCCCNCc1ccc(C(=O)Nc2ccc(S(=O)(=O)N3CCN(c4cc(C(F)(F)F)ccn4)CC3)cc2)cc1. The smallest absolute Gasteiger partial charge is 0.354 e. The zero-order valence-corrected chi connectivity index (χ0v) is 22.5. The van der Waals surface area contributed by atoms with E-state index in [1.165, 1.54) is 28.6 Å². The van der Waals surface area contributed by atoms with Crippen LogP contribution in [-0.4, -0.2) is 62.9 Å². The van der Waals surface area contributed by atoms with Crippen molar-refractivity contribution in [2.24, 2.45) is 5.73 Å². The van der Waals surface area contributed by atoms with Crippen molar-refractivity contribution in [3.8, 4) is 0 Å². The molecule has 0 atom stereocenters. The van der Waals surface area contributed by atoms with Crippen LogP contribution in [0.4, 0.5) is 24.7 Å². The highest BCUT2D eigenvalue weighted by atomic mass is 32.2. The Labute approximate surface area is 231 Å². The number of piperazine rings is 1. The third-order valence-electron chi connectivity index (χ3n) is 6.49. The largest absolute Gasteiger partial charge is 0.416 e. The summed E-state index contributed by atoms with van der Waals surface area (Å²) in [7, 11) is -3.83. The molecule has 1 fully saturated rings. The highest BCUT2D eigenvalue weighted by molar-refractivity contribution is 7.89. The molecule has 1 saturated heterocycles. The van der Waals surface area contributed by atoms with Gasteiger partial charge in [-0.15, -0.1) is 0 Å². The zero-order chi connectivity index (χ0) is 28.8. The molecule has 0 unspecified atom stereocenters. The summed E-state index contributed by atoms with van der Waals surface area (Å²) in [5, 5.41) is 6.04. The van der Waals surface area contributed by atoms with Gasteiger partial charge in [-0.2, -0.15) is 17.5 Å². The Bertz CT molecular complexity index is 1390. The van der Waals surface area contributed by atoms with Crippen LogP contribution in [0.1, 0.15) is 27.9 Å². The monoisotopic (exact) mass is 576 g/mol. The van der Waals surface area contributed by atoms with Gasteiger partial charge < -0.3 is 21.3 Å². The number of aromatic nitrogens is 1. The molecule has 214 valence electrons. The number of nitrogens with two attached hydrogens (primary N) is 1. The van der Waals surface area contributed by atoms with Crippen LogP contribution in [0.2, 0.25) is 0 Å². The second kappa shape index (κ2) is 12.8. The Balaban J connectivity index is 1.32. The third-order valence-corrected chi connectivity index (χ3v) is 8.40. The van der Waals surface area contributed by atoms with Crippen LogP contribution >= 0.6 is 0 Å². The number of hydrogen-bond acceptors (Lipinski definition) is 7. The number of nitrogens with one attached hydrogen (secondary N) is 2. The standard InChI is InChI=1S/C27H31F3N6O3S/c28-27(29,30)22-10-13-33-25(18-22)35-14-16-36(17-15-35)40(38,39)24-8-6-23(7-9-24)34-26(37)21-4-2-20(3-5-21)19-32-12-1-11-31/h2-10,13,18,32H,1,11-12,14-17,19,31H2,(H,34,37). The van der Waals surface area contributed by atoms with Crippen molar-refractivity contribution in [2.45, 2.75) is 24.0 Å². The first kappa shape index (κ1) is 29.5. The van der Waals surface area contributed by atoms with Crippen molar-refractivity contribution < 1.29 is 26.4 Å². The molecule has 0 bridgehead atoms. The van der Waals surface area contributed by atoms with Crippen LogP contribution in [0.15, 0.2) is 71.8 Å². The zero-order valence-electron chi connectivity index (χ0n) is 21.7. The maximum atomic E-state index is 13.2. The van der Waals surface area contributed by atoms with Gasteiger partial charge in [0.05, 0.1) is 10.5 Å². The van der Waals surface area contributed by atoms with Crippen LogP contribution in [0, 0.1) is 0 Å². The molecule has 1 aliphatic heterocycles. The molecule has 4 rings (SSSR count). The molecule has 1 aromatic heterocycles. The van der Waals surface area contributed by atoms with Gasteiger partial charge in [0.1, 0.15) is 5.82 Å². The van der Waals surface area contributed by atoms with Gasteiger partial charge in [-0.05, 0) is 73.6 Å². The van der Waals surface area contributed by atoms with Crippen molar-refractivity contribution in [3.63, 3.8) is 0 Å². The normalized spacial score (nSPS) is 14.8. The first-order valence-corrected chi connectivity index (χ1v) is 14.2. The molecule has 1 amide bonds. The van der Waals surface area contributed by atoms with E-state index in [0.717, 1.165) is 36.9 Å². The lowest BCUT2D eigenvalue weighted by molar-refractivity contribution is -0.137. The number of pyridine rings is 1. The predicted octanol–water partition coefficient (Wildman–Crippen LogP) is 3.30. The number of amides is 1. The minimum absolute atomic E-state index is 0.0580. The molecular weight excluding hydrogens is 545 g/mol. The van der Waals surface area contributed by atoms with Crippen molar-refractivity contribution in [1.29, 1.82) is 0 Å². The predicted molar refractivity (Wildman–Crippen MR) is 146 cm³/mol. The summed E-state index contributed by atoms with van der Waals surface area (Å²) in [6.07, 6.45) is -2.50. The lowest BCUT2D eigenvalue weighted by Gasteiger charge is -2.34. The Morgan fingerprint density at radius 1 is 0.975 bits per heavy atom. The minimum Gasteiger partial charge on any atom is -0.354 e. The highest BCUT2D eigenvalue weighted by Crippen LogP contribution is 2.31. The van der Waals surface area contributed by atoms with E-state index >= 15 is 0 Å². The number of hydrogen-bond donors (Lipinski definition) is 3. The average Bonchev–Trinajstić information content (AvgIpc) is 2.95. The van der Waals surface area contributed by atoms with Gasteiger partial charge in [0.2, 0.25) is 10.0 Å². The fraction of sp³-hybridized carbons (Fsp3) is 0.333. The first-order chi connectivity index (χ1) is 19.1. The lowest BCUT2D eigenvalue weighted by atomic mass is 10.1. The van der Waals surface area contributed by atoms with Crippen molar-refractivity contribution in [1.82, 2.24) is 14.6 Å². The van der Waals surface area contributed by atoms with Gasteiger partial charge in [0.15, 0.2) is 0 Å². The fourth-order valence-corrected chi connectivity index (χ4v) is 5.64. The van der Waals surface area contributed by atoms with E-state index < -0.39 is 21.8 Å². The summed E-state index contributed by atoms with van der Waals surface area (Å²) < 4.78 is 66.7. The van der Waals surface area contributed by atoms with Gasteiger partial charge >= 0.3 is 6.18 Å². The number of anilines is 2. The summed E-state index contributed by atoms with van der Waals surface area (Å²) in [4.78, 5) is 18.3. The molecule has 9 nitrogen and oxygen atoms in total. The second-order valence-electron chi connectivity index (χ2n) is 9.29. The summed E-state index contributed by atoms with van der Waals surface area (Å²) in [6, 6.07) is 14.9. The summed E-state index contributed by atoms with van der Waals surface area (Å²) in [5.41, 5.74) is 6.62. The quantitative estimate of drug-likeness (QED) is 0.317. The molecule has 0 saturated carbocycles. The molecule has 1 aliphatic rings. The number of carbonyl (C=O) groups excluding carboxylic acids is 1. The number of rotatable bonds is 10. The van der Waals surface area contributed by atoms with Crippen LogP contribution in [-0.2, 0) is 22.7 Å². The number of halogens is 3. The Hall–Kier alpha value is -3.52. The number of sulfonamides is 1. The van der Waals surface area contributed by atoms with Gasteiger partial charge in [0, 0.05) is 50.2 Å². The summed E-state index contributed by atoms with van der Waals surface area (Å²) >= 11 is 0. The minimum atomic E-state index is -4.48. The topological polar surface area (TPSA) is 121 Å². The maximum Gasteiger partial charge on any atom is 0.416 e. The van der Waals surface area contributed by atoms with E-state index in [9.17, 15) is 26.4 Å². The number of carbonyl (C=O) groups is 1. The van der Waals surface area contributed by atoms with Gasteiger partial charge in [-0.1, -0.05) is 12.1 Å². The lowest BCUT2D eigenvalue weighted by Crippen LogP contribution is -2.49. The van der Waals surface area contributed by atoms with Crippen molar-refractivity contribution in [2.75, 3.05) is 49.5 Å². The number of alkyl halides is 3. The van der Waals surface area contributed by atoms with Crippen molar-refractivity contribution in [3.05, 3.63) is 83.6 Å². The Kier molecular flexibility index (Phi) is 9.40. The summed E-state index contributed by atoms with van der Waals surface area (Å²) in [5.74, 6) is -0.168.